The van der Waals surface area contributed by atoms with Crippen LogP contribution in [0.1, 0.15) is 17.0 Å². The predicted molar refractivity (Wildman–Crippen MR) is 99.8 cm³/mol. The summed E-state index contributed by atoms with van der Waals surface area (Å²) in [5.74, 6) is 1.64. The third-order valence-corrected chi connectivity index (χ3v) is 4.39. The topological polar surface area (TPSA) is 88.5 Å². The van der Waals surface area contributed by atoms with Crippen molar-refractivity contribution < 1.29 is 0 Å². The molecule has 3 aromatic heterocycles. The van der Waals surface area contributed by atoms with E-state index < -0.39 is 0 Å². The van der Waals surface area contributed by atoms with Gasteiger partial charge < -0.3 is 10.6 Å². The Balaban J connectivity index is 1.61. The van der Waals surface area contributed by atoms with Crippen LogP contribution in [0.15, 0.2) is 43.1 Å². The molecule has 132 valence electrons. The van der Waals surface area contributed by atoms with Gasteiger partial charge in [0.05, 0.1) is 11.4 Å². The zero-order valence-corrected chi connectivity index (χ0v) is 14.5. The van der Waals surface area contributed by atoms with Crippen molar-refractivity contribution in [3.63, 3.8) is 0 Å². The second-order valence-corrected chi connectivity index (χ2v) is 6.19. The molecule has 0 fully saturated rings. The van der Waals surface area contributed by atoms with Gasteiger partial charge in [-0.3, -0.25) is 15.0 Å². The molecule has 0 amide bonds. The molecule has 3 aromatic rings. The SMILES string of the molecule is c1cncc(-c2nc3c(c(NCCc4cnccn4)n2)CCNCC3)c1. The molecule has 0 spiro atoms. The maximum atomic E-state index is 4.82. The molecule has 0 bridgehead atoms. The minimum Gasteiger partial charge on any atom is -0.369 e. The summed E-state index contributed by atoms with van der Waals surface area (Å²) in [5.41, 5.74) is 4.23. The van der Waals surface area contributed by atoms with E-state index in [9.17, 15) is 0 Å². The van der Waals surface area contributed by atoms with E-state index in [1.807, 2.05) is 12.1 Å². The van der Waals surface area contributed by atoms with Crippen LogP contribution >= 0.6 is 0 Å². The van der Waals surface area contributed by atoms with Gasteiger partial charge in [0.1, 0.15) is 5.82 Å². The molecule has 1 aliphatic heterocycles. The van der Waals surface area contributed by atoms with Crippen molar-refractivity contribution in [3.8, 4) is 11.4 Å². The van der Waals surface area contributed by atoms with Gasteiger partial charge in [0.2, 0.25) is 0 Å². The Hall–Kier alpha value is -2.93. The number of hydrogen-bond acceptors (Lipinski definition) is 7. The molecule has 0 saturated heterocycles. The molecular formula is C19H21N7. The van der Waals surface area contributed by atoms with Gasteiger partial charge in [-0.25, -0.2) is 9.97 Å². The quantitative estimate of drug-likeness (QED) is 0.726. The fourth-order valence-corrected chi connectivity index (χ4v) is 3.08. The normalized spacial score (nSPS) is 13.7. The van der Waals surface area contributed by atoms with E-state index in [2.05, 4.69) is 25.6 Å². The third-order valence-electron chi connectivity index (χ3n) is 4.39. The van der Waals surface area contributed by atoms with Crippen LogP contribution < -0.4 is 10.6 Å². The van der Waals surface area contributed by atoms with Crippen molar-refractivity contribution in [3.05, 3.63) is 60.1 Å². The molecular weight excluding hydrogens is 326 g/mol. The number of anilines is 1. The first kappa shape index (κ1) is 16.5. The highest BCUT2D eigenvalue weighted by Gasteiger charge is 2.17. The molecule has 0 saturated carbocycles. The maximum absolute atomic E-state index is 4.82. The minimum atomic E-state index is 0.723. The van der Waals surface area contributed by atoms with E-state index in [0.717, 1.165) is 67.5 Å². The van der Waals surface area contributed by atoms with E-state index in [1.54, 1.807) is 31.0 Å². The Kier molecular flexibility index (Phi) is 5.07. The Morgan fingerprint density at radius 2 is 1.92 bits per heavy atom. The smallest absolute Gasteiger partial charge is 0.163 e. The first-order valence-corrected chi connectivity index (χ1v) is 8.90. The van der Waals surface area contributed by atoms with Crippen molar-refractivity contribution in [2.75, 3.05) is 25.0 Å². The van der Waals surface area contributed by atoms with Gasteiger partial charge in [0.15, 0.2) is 5.82 Å². The molecule has 7 heteroatoms. The van der Waals surface area contributed by atoms with Gasteiger partial charge in [-0.15, -0.1) is 0 Å². The molecule has 0 atom stereocenters. The fraction of sp³-hybridized carbons (Fsp3) is 0.316. The van der Waals surface area contributed by atoms with Crippen LogP contribution in [-0.2, 0) is 19.3 Å². The predicted octanol–water partition coefficient (Wildman–Crippen LogP) is 1.67. The lowest BCUT2D eigenvalue weighted by Crippen LogP contribution is -2.16. The van der Waals surface area contributed by atoms with Gasteiger partial charge in [0, 0.05) is 68.0 Å². The first-order valence-electron chi connectivity index (χ1n) is 8.90. The molecule has 4 rings (SSSR count). The molecule has 26 heavy (non-hydrogen) atoms. The molecule has 7 nitrogen and oxygen atoms in total. The third kappa shape index (κ3) is 3.83. The zero-order valence-electron chi connectivity index (χ0n) is 14.5. The van der Waals surface area contributed by atoms with Crippen molar-refractivity contribution in [1.82, 2.24) is 30.2 Å². The summed E-state index contributed by atoms with van der Waals surface area (Å²) in [4.78, 5) is 22.3. The Morgan fingerprint density at radius 3 is 2.77 bits per heavy atom. The van der Waals surface area contributed by atoms with Crippen LogP contribution in [0.5, 0.6) is 0 Å². The van der Waals surface area contributed by atoms with Crippen molar-refractivity contribution >= 4 is 5.82 Å². The maximum Gasteiger partial charge on any atom is 0.163 e. The van der Waals surface area contributed by atoms with Gasteiger partial charge in [-0.05, 0) is 25.1 Å². The van der Waals surface area contributed by atoms with Crippen molar-refractivity contribution in [2.24, 2.45) is 0 Å². The van der Waals surface area contributed by atoms with Crippen LogP contribution in [0.25, 0.3) is 11.4 Å². The molecule has 0 radical (unpaired) electrons. The van der Waals surface area contributed by atoms with Crippen LogP contribution in [-0.4, -0.2) is 44.6 Å². The first-order chi connectivity index (χ1) is 12.9. The summed E-state index contributed by atoms with van der Waals surface area (Å²) in [7, 11) is 0. The standard InChI is InChI=1S/C19H21N7/c1-2-14(12-21-6-1)18-25-17-5-8-20-7-4-16(17)19(26-18)24-9-3-15-13-22-10-11-23-15/h1-2,6,10-13,20H,3-5,7-9H2,(H,24,25,26). The van der Waals surface area contributed by atoms with Crippen molar-refractivity contribution in [2.45, 2.75) is 19.3 Å². The number of nitrogens with one attached hydrogen (secondary N) is 2. The fourth-order valence-electron chi connectivity index (χ4n) is 3.08. The average molecular weight is 347 g/mol. The Bertz CT molecular complexity index is 853. The highest BCUT2D eigenvalue weighted by molar-refractivity contribution is 5.59. The number of hydrogen-bond donors (Lipinski definition) is 2. The minimum absolute atomic E-state index is 0.723. The van der Waals surface area contributed by atoms with Gasteiger partial charge in [0.25, 0.3) is 0 Å². The number of rotatable bonds is 5. The monoisotopic (exact) mass is 347 g/mol. The van der Waals surface area contributed by atoms with E-state index >= 15 is 0 Å². The number of pyridine rings is 1. The Morgan fingerprint density at radius 1 is 1.00 bits per heavy atom. The van der Waals surface area contributed by atoms with E-state index in [4.69, 9.17) is 9.97 Å². The highest BCUT2D eigenvalue weighted by Crippen LogP contribution is 2.24. The lowest BCUT2D eigenvalue weighted by molar-refractivity contribution is 0.708. The summed E-state index contributed by atoms with van der Waals surface area (Å²) in [6.07, 6.45) is 11.4. The molecule has 0 aromatic carbocycles. The molecule has 0 unspecified atom stereocenters. The van der Waals surface area contributed by atoms with Crippen LogP contribution in [0.4, 0.5) is 5.82 Å². The van der Waals surface area contributed by atoms with E-state index in [1.165, 1.54) is 5.56 Å². The van der Waals surface area contributed by atoms with Crippen LogP contribution in [0, 0.1) is 0 Å². The molecule has 2 N–H and O–H groups in total. The molecule has 0 aliphatic carbocycles. The van der Waals surface area contributed by atoms with Gasteiger partial charge in [-0.2, -0.15) is 0 Å². The molecule has 4 heterocycles. The van der Waals surface area contributed by atoms with Crippen LogP contribution in [0.2, 0.25) is 0 Å². The highest BCUT2D eigenvalue weighted by atomic mass is 15.0. The Labute approximate surface area is 152 Å². The van der Waals surface area contributed by atoms with Gasteiger partial charge in [-0.1, -0.05) is 0 Å². The average Bonchev–Trinajstić information content (AvgIpc) is 2.95. The summed E-state index contributed by atoms with van der Waals surface area (Å²) in [6.45, 7) is 2.64. The summed E-state index contributed by atoms with van der Waals surface area (Å²) >= 11 is 0. The van der Waals surface area contributed by atoms with Gasteiger partial charge >= 0.3 is 0 Å². The summed E-state index contributed by atoms with van der Waals surface area (Å²) in [5, 5.41) is 6.93. The summed E-state index contributed by atoms with van der Waals surface area (Å²) in [6, 6.07) is 3.90. The lowest BCUT2D eigenvalue weighted by Gasteiger charge is -2.14. The lowest BCUT2D eigenvalue weighted by atomic mass is 10.1. The number of fused-ring (bicyclic) bond motifs is 1. The van der Waals surface area contributed by atoms with Crippen LogP contribution in [0.3, 0.4) is 0 Å². The van der Waals surface area contributed by atoms with E-state index in [-0.39, 0.29) is 0 Å². The number of nitrogens with zero attached hydrogens (tertiary/aromatic N) is 5. The second kappa shape index (κ2) is 7.97. The number of aromatic nitrogens is 5. The molecule has 1 aliphatic rings. The largest absolute Gasteiger partial charge is 0.369 e. The second-order valence-electron chi connectivity index (χ2n) is 6.19. The van der Waals surface area contributed by atoms with Crippen molar-refractivity contribution in [1.29, 1.82) is 0 Å². The summed E-state index contributed by atoms with van der Waals surface area (Å²) < 4.78 is 0. The zero-order chi connectivity index (χ0) is 17.6. The van der Waals surface area contributed by atoms with E-state index in [0.29, 0.717) is 0 Å².